The number of methoxy groups -OCH3 is 1. The predicted octanol–water partition coefficient (Wildman–Crippen LogP) is 13.3. The van der Waals surface area contributed by atoms with Crippen LogP contribution in [0.4, 0.5) is 26.7 Å². The van der Waals surface area contributed by atoms with Crippen molar-refractivity contribution < 1.29 is 57.2 Å². The molecule has 0 aliphatic rings. The molecule has 0 heterocycles. The summed E-state index contributed by atoms with van der Waals surface area (Å²) < 4.78 is 31.2. The van der Waals surface area contributed by atoms with Gasteiger partial charge < -0.3 is 59.5 Å². The van der Waals surface area contributed by atoms with Gasteiger partial charge in [0.1, 0.15) is 32.2 Å². The lowest BCUT2D eigenvalue weighted by Gasteiger charge is -2.22. The molecule has 0 radical (unpaired) electrons. The lowest BCUT2D eigenvalue weighted by atomic mass is 10.1. The minimum atomic E-state index is -0.526. The molecule has 3 rings (SSSR count). The number of amides is 3. The molecule has 3 aromatic carbocycles. The van der Waals surface area contributed by atoms with Gasteiger partial charge in [-0.25, -0.2) is 9.59 Å². The van der Waals surface area contributed by atoms with Gasteiger partial charge in [-0.2, -0.15) is 0 Å². The molecule has 0 saturated heterocycles. The number of nitrogens with one attached hydrogen (secondary N) is 4. The Kier molecular flexibility index (Phi) is 46.3. The first kappa shape index (κ1) is 78.9. The van der Waals surface area contributed by atoms with E-state index < -0.39 is 12.2 Å². The number of anilines is 3. The molecule has 0 aromatic heterocycles. The second kappa shape index (κ2) is 46.4. The van der Waals surface area contributed by atoms with E-state index in [-0.39, 0.29) is 81.6 Å². The van der Waals surface area contributed by atoms with E-state index in [1.54, 1.807) is 60.0 Å². The summed E-state index contributed by atoms with van der Waals surface area (Å²) in [4.78, 5) is 73.0. The summed E-state index contributed by atoms with van der Waals surface area (Å²) >= 11 is 0. The number of benzene rings is 3. The molecular formula is C61H106N6O12. The Morgan fingerprint density at radius 1 is 0.532 bits per heavy atom. The number of carbonyl (C=O) groups excluding carboxylic acids is 6. The number of esters is 3. The standard InChI is InChI=1S/C23H38N4O6.C17H25NO4.C14H21NO2.3C2H6.CH4/c1-16(2)24-11-10-21(28)25-19-14-18(8-9-20(19)31-7)15-32-22(29)26(5)12-13-27(6)23(30)33-17(3)4;1-11(2)17(20)22-10-15-8-14(9-21-13(5)19)6-7-16(15)18-12(3)4;1-10(2)14(16)17-9-12-5-7-13(8-6-12)15-11(3)4;3*1-2;/h8-9,14,16-17,24H,10-13,15H2,1-7H3,(H,25,28);6-8,11-12,18H,9-10H2,1-5H3;5-8,10-11,15H,9H2,1-4H3;3*1-2H3;1H4. The van der Waals surface area contributed by atoms with Crippen molar-refractivity contribution in [2.75, 3.05) is 56.8 Å². The summed E-state index contributed by atoms with van der Waals surface area (Å²) in [6.45, 7) is 38.4. The fourth-order valence-corrected chi connectivity index (χ4v) is 5.82. The summed E-state index contributed by atoms with van der Waals surface area (Å²) in [5.41, 5.74) is 5.95. The van der Waals surface area contributed by atoms with E-state index in [0.29, 0.717) is 55.2 Å². The van der Waals surface area contributed by atoms with Crippen molar-refractivity contribution in [1.29, 1.82) is 0 Å². The van der Waals surface area contributed by atoms with Gasteiger partial charge in [0, 0.05) is 82.1 Å². The van der Waals surface area contributed by atoms with Gasteiger partial charge in [0.25, 0.3) is 0 Å². The highest BCUT2D eigenvalue weighted by Crippen LogP contribution is 2.26. The molecule has 18 heteroatoms. The predicted molar refractivity (Wildman–Crippen MR) is 322 cm³/mol. The van der Waals surface area contributed by atoms with Gasteiger partial charge in [-0.15, -0.1) is 0 Å². The van der Waals surface area contributed by atoms with Crippen molar-refractivity contribution in [1.82, 2.24) is 15.1 Å². The fraction of sp³-hybridized carbons (Fsp3) is 0.607. The summed E-state index contributed by atoms with van der Waals surface area (Å²) in [5.74, 6) is -0.575. The van der Waals surface area contributed by atoms with Crippen LogP contribution in [0.1, 0.15) is 168 Å². The van der Waals surface area contributed by atoms with E-state index >= 15 is 0 Å². The Morgan fingerprint density at radius 3 is 1.48 bits per heavy atom. The average molecular weight is 1120 g/mol. The molecule has 3 aromatic rings. The van der Waals surface area contributed by atoms with Crippen LogP contribution in [0.15, 0.2) is 60.7 Å². The van der Waals surface area contributed by atoms with Gasteiger partial charge in [-0.05, 0) is 94.6 Å². The molecule has 0 aliphatic carbocycles. The van der Waals surface area contributed by atoms with E-state index in [2.05, 4.69) is 35.1 Å². The minimum Gasteiger partial charge on any atom is -0.495 e. The van der Waals surface area contributed by atoms with Crippen LogP contribution >= 0.6 is 0 Å². The molecule has 0 bridgehead atoms. The van der Waals surface area contributed by atoms with Crippen LogP contribution < -0.4 is 26.0 Å². The van der Waals surface area contributed by atoms with E-state index in [0.717, 1.165) is 28.1 Å². The maximum absolute atomic E-state index is 12.3. The smallest absolute Gasteiger partial charge is 0.409 e. The monoisotopic (exact) mass is 1110 g/mol. The Bertz CT molecular complexity index is 2130. The number of nitrogens with zero attached hydrogens (tertiary/aromatic N) is 2. The molecule has 0 atom stereocenters. The molecule has 4 N–H and O–H groups in total. The summed E-state index contributed by atoms with van der Waals surface area (Å²) in [6.07, 6.45) is -0.857. The maximum atomic E-state index is 12.3. The van der Waals surface area contributed by atoms with Gasteiger partial charge in [-0.3, -0.25) is 19.2 Å². The molecule has 0 fully saturated rings. The number of likely N-dealkylation sites (N-methyl/N-ethyl adjacent to an activating group) is 2. The van der Waals surface area contributed by atoms with Gasteiger partial charge in [0.2, 0.25) is 5.91 Å². The quantitative estimate of drug-likeness (QED) is 0.0485. The highest BCUT2D eigenvalue weighted by atomic mass is 16.6. The van der Waals surface area contributed by atoms with Crippen LogP contribution in [0, 0.1) is 11.8 Å². The van der Waals surface area contributed by atoms with E-state index in [1.807, 2.05) is 126 Å². The van der Waals surface area contributed by atoms with E-state index in [1.165, 1.54) is 23.8 Å². The third-order valence-corrected chi connectivity index (χ3v) is 9.69. The Balaban J connectivity index is -0.000000531. The number of hydrogen-bond acceptors (Lipinski definition) is 15. The zero-order valence-corrected chi connectivity index (χ0v) is 51.7. The molecule has 0 aliphatic heterocycles. The minimum absolute atomic E-state index is 0. The van der Waals surface area contributed by atoms with Crippen LogP contribution in [0.2, 0.25) is 0 Å². The lowest BCUT2D eigenvalue weighted by Crippen LogP contribution is -2.38. The second-order valence-electron chi connectivity index (χ2n) is 18.9. The van der Waals surface area contributed by atoms with Crippen LogP contribution in [0.3, 0.4) is 0 Å². The summed E-state index contributed by atoms with van der Waals surface area (Å²) in [5, 5.41) is 12.7. The molecule has 79 heavy (non-hydrogen) atoms. The van der Waals surface area contributed by atoms with Gasteiger partial charge in [-0.1, -0.05) is 115 Å². The van der Waals surface area contributed by atoms with Crippen molar-refractivity contribution in [3.05, 3.63) is 82.9 Å². The number of carbonyl (C=O) groups is 6. The van der Waals surface area contributed by atoms with Crippen molar-refractivity contribution in [3.63, 3.8) is 0 Å². The van der Waals surface area contributed by atoms with Gasteiger partial charge in [0.15, 0.2) is 0 Å². The molecule has 18 nitrogen and oxygen atoms in total. The highest BCUT2D eigenvalue weighted by molar-refractivity contribution is 5.92. The lowest BCUT2D eigenvalue weighted by molar-refractivity contribution is -0.149. The summed E-state index contributed by atoms with van der Waals surface area (Å²) in [6, 6.07) is 19.8. The Labute approximate surface area is 477 Å². The average Bonchev–Trinajstić information content (AvgIpc) is 3.39. The normalized spacial score (nSPS) is 9.97. The zero-order valence-electron chi connectivity index (χ0n) is 51.7. The zero-order chi connectivity index (χ0) is 60.5. The first-order valence-electron chi connectivity index (χ1n) is 27.5. The van der Waals surface area contributed by atoms with Crippen molar-refractivity contribution >= 4 is 53.1 Å². The maximum Gasteiger partial charge on any atom is 0.409 e. The first-order valence-corrected chi connectivity index (χ1v) is 27.5. The van der Waals surface area contributed by atoms with Crippen LogP contribution in [0.5, 0.6) is 5.75 Å². The van der Waals surface area contributed by atoms with Crippen LogP contribution in [-0.4, -0.2) is 111 Å². The molecule has 452 valence electrons. The topological polar surface area (TPSA) is 212 Å². The fourth-order valence-electron chi connectivity index (χ4n) is 5.82. The first-order chi connectivity index (χ1) is 36.8. The molecule has 0 spiro atoms. The number of ether oxygens (including phenoxy) is 6. The van der Waals surface area contributed by atoms with Crippen molar-refractivity contribution in [3.8, 4) is 5.75 Å². The third kappa shape index (κ3) is 38.6. The van der Waals surface area contributed by atoms with E-state index in [9.17, 15) is 28.8 Å². The Morgan fingerprint density at radius 2 is 1.00 bits per heavy atom. The Hall–Kier alpha value is -6.56. The molecular weight excluding hydrogens is 1010 g/mol. The third-order valence-electron chi connectivity index (χ3n) is 9.69. The SMILES string of the molecule is C.CC.CC.CC.CC(=O)OCc1ccc(NC(C)C)c(COC(=O)C(C)C)c1.CC(C)Nc1ccc(COC(=O)C(C)C)cc1.COc1ccc(COC(=O)N(C)CCN(C)C(=O)OC(C)C)cc1NC(=O)CCNC(C)C. The number of hydrogen-bond donors (Lipinski definition) is 4. The molecule has 3 amide bonds. The largest absolute Gasteiger partial charge is 0.495 e. The van der Waals surface area contributed by atoms with Gasteiger partial charge >= 0.3 is 30.1 Å². The molecule has 0 unspecified atom stereocenters. The molecule has 0 saturated carbocycles. The highest BCUT2D eigenvalue weighted by Gasteiger charge is 2.17. The van der Waals surface area contributed by atoms with Crippen LogP contribution in [0.25, 0.3) is 0 Å². The van der Waals surface area contributed by atoms with Crippen molar-refractivity contribution in [2.45, 2.75) is 196 Å². The number of rotatable bonds is 24. The van der Waals surface area contributed by atoms with Crippen molar-refractivity contribution in [2.24, 2.45) is 11.8 Å². The second-order valence-corrected chi connectivity index (χ2v) is 18.9. The van der Waals surface area contributed by atoms with Gasteiger partial charge in [0.05, 0.1) is 30.7 Å². The van der Waals surface area contributed by atoms with E-state index in [4.69, 9.17) is 28.4 Å². The summed E-state index contributed by atoms with van der Waals surface area (Å²) in [7, 11) is 4.72. The van der Waals surface area contributed by atoms with Crippen LogP contribution in [-0.2, 0) is 69.3 Å².